The average molecular weight is 480 g/mol. The monoisotopic (exact) mass is 479 g/mol. The lowest BCUT2D eigenvalue weighted by Crippen LogP contribution is -2.18. The highest BCUT2D eigenvalue weighted by atomic mass is 16.1. The molecule has 5 aromatic rings. The number of anilines is 2. The maximum Gasteiger partial charge on any atom is 0.229 e. The van der Waals surface area contributed by atoms with Gasteiger partial charge in [-0.1, -0.05) is 30.3 Å². The minimum Gasteiger partial charge on any atom is -0.384 e. The number of H-pyrrole nitrogens is 1. The van der Waals surface area contributed by atoms with Gasteiger partial charge >= 0.3 is 0 Å². The molecule has 9 heteroatoms. The highest BCUT2D eigenvalue weighted by Crippen LogP contribution is 2.26. The molecule has 0 radical (unpaired) electrons. The van der Waals surface area contributed by atoms with Gasteiger partial charge in [-0.15, -0.1) is 0 Å². The fourth-order valence-electron chi connectivity index (χ4n) is 4.21. The van der Waals surface area contributed by atoms with Crippen molar-refractivity contribution in [3.63, 3.8) is 0 Å². The summed E-state index contributed by atoms with van der Waals surface area (Å²) in [6.45, 7) is 4.39. The molecule has 9 nitrogen and oxygen atoms in total. The summed E-state index contributed by atoms with van der Waals surface area (Å²) in [4.78, 5) is 41.9. The van der Waals surface area contributed by atoms with Gasteiger partial charge in [0.15, 0.2) is 0 Å². The molecular weight excluding hydrogens is 454 g/mol. The van der Waals surface area contributed by atoms with E-state index in [1.54, 1.807) is 24.7 Å². The number of benzene rings is 1. The van der Waals surface area contributed by atoms with E-state index in [2.05, 4.69) is 20.3 Å². The zero-order chi connectivity index (χ0) is 25.2. The molecule has 0 saturated heterocycles. The van der Waals surface area contributed by atoms with Crippen molar-refractivity contribution in [3.8, 4) is 22.6 Å². The molecule has 5 rings (SSSR count). The lowest BCUT2D eigenvalue weighted by molar-refractivity contribution is -0.115. The zero-order valence-electron chi connectivity index (χ0n) is 19.9. The normalized spacial score (nSPS) is 11.1. The predicted molar refractivity (Wildman–Crippen MR) is 140 cm³/mol. The summed E-state index contributed by atoms with van der Waals surface area (Å²) in [5.41, 5.74) is 10.4. The van der Waals surface area contributed by atoms with Gasteiger partial charge in [0, 0.05) is 30.7 Å². The second-order valence-electron chi connectivity index (χ2n) is 8.43. The second kappa shape index (κ2) is 9.46. The standard InChI is InChI=1S/C27H25N7O2/c1-3-34-24(28)22(26-30-13-14-31-26)23(36)19-10-11-20(32-27(19)34)18-8-6-17(7-9-18)15-21(35)33-25-16(2)5-4-12-29-25/h4-14H,3,15,28H2,1-2H3,(H,30,31)(H,29,33,35). The number of rotatable bonds is 6. The number of nitrogens with one attached hydrogen (secondary N) is 2. The van der Waals surface area contributed by atoms with Gasteiger partial charge in [-0.05, 0) is 43.2 Å². The molecule has 0 spiro atoms. The number of nitrogens with two attached hydrogens (primary N) is 1. The molecule has 0 aliphatic heterocycles. The number of nitrogen functional groups attached to an aromatic ring is 1. The lowest BCUT2D eigenvalue weighted by atomic mass is 10.1. The summed E-state index contributed by atoms with van der Waals surface area (Å²) in [6.07, 6.45) is 5.12. The molecule has 0 aliphatic rings. The highest BCUT2D eigenvalue weighted by molar-refractivity contribution is 5.92. The molecule has 0 fully saturated rings. The van der Waals surface area contributed by atoms with E-state index >= 15 is 0 Å². The number of imidazole rings is 1. The molecule has 1 aromatic carbocycles. The number of pyridine rings is 3. The van der Waals surface area contributed by atoms with Crippen molar-refractivity contribution in [1.29, 1.82) is 0 Å². The number of aromatic nitrogens is 5. The number of fused-ring (bicyclic) bond motifs is 1. The number of aryl methyl sites for hydroxylation is 2. The molecule has 4 N–H and O–H groups in total. The van der Waals surface area contributed by atoms with Crippen LogP contribution in [0.2, 0.25) is 0 Å². The topological polar surface area (TPSA) is 132 Å². The Morgan fingerprint density at radius 1 is 1.08 bits per heavy atom. The van der Waals surface area contributed by atoms with E-state index in [4.69, 9.17) is 10.7 Å². The van der Waals surface area contributed by atoms with Crippen molar-refractivity contribution < 1.29 is 4.79 Å². The summed E-state index contributed by atoms with van der Waals surface area (Å²) < 4.78 is 1.82. The first-order chi connectivity index (χ1) is 17.5. The van der Waals surface area contributed by atoms with Crippen LogP contribution in [0.5, 0.6) is 0 Å². The first-order valence-electron chi connectivity index (χ1n) is 11.6. The molecular formula is C27H25N7O2. The molecule has 36 heavy (non-hydrogen) atoms. The third-order valence-electron chi connectivity index (χ3n) is 6.08. The smallest absolute Gasteiger partial charge is 0.229 e. The maximum atomic E-state index is 13.2. The van der Waals surface area contributed by atoms with Gasteiger partial charge in [-0.3, -0.25) is 9.59 Å². The number of amides is 1. The Bertz CT molecular complexity index is 1620. The number of carbonyl (C=O) groups excluding carboxylic acids is 1. The molecule has 0 saturated carbocycles. The number of aromatic amines is 1. The molecule has 0 unspecified atom stereocenters. The Kier molecular flexibility index (Phi) is 6.03. The highest BCUT2D eigenvalue weighted by Gasteiger charge is 2.19. The third kappa shape index (κ3) is 4.22. The number of hydrogen-bond acceptors (Lipinski definition) is 6. The van der Waals surface area contributed by atoms with Gasteiger partial charge < -0.3 is 20.6 Å². The molecule has 1 amide bonds. The number of hydrogen-bond donors (Lipinski definition) is 3. The summed E-state index contributed by atoms with van der Waals surface area (Å²) >= 11 is 0. The molecule has 180 valence electrons. The van der Waals surface area contributed by atoms with Gasteiger partial charge in [0.1, 0.15) is 28.7 Å². The Labute approximate surface area is 207 Å². The molecule has 4 aromatic heterocycles. The van der Waals surface area contributed by atoms with Crippen LogP contribution in [0.1, 0.15) is 18.1 Å². The Morgan fingerprint density at radius 3 is 2.58 bits per heavy atom. The minimum atomic E-state index is -0.217. The maximum absolute atomic E-state index is 13.2. The van der Waals surface area contributed by atoms with E-state index in [0.29, 0.717) is 46.3 Å². The van der Waals surface area contributed by atoms with Gasteiger partial charge in [-0.25, -0.2) is 15.0 Å². The first-order valence-corrected chi connectivity index (χ1v) is 11.6. The van der Waals surface area contributed by atoms with Crippen molar-refractivity contribution in [2.24, 2.45) is 0 Å². The number of nitrogens with zero attached hydrogens (tertiary/aromatic N) is 4. The van der Waals surface area contributed by atoms with Crippen LogP contribution in [0, 0.1) is 6.92 Å². The minimum absolute atomic E-state index is 0.136. The van der Waals surface area contributed by atoms with Crippen LogP contribution in [0.4, 0.5) is 11.6 Å². The third-order valence-corrected chi connectivity index (χ3v) is 6.08. The SMILES string of the molecule is CCn1c(N)c(-c2ncc[nH]2)c(=O)c2ccc(-c3ccc(CC(=O)Nc4ncccc4C)cc3)nc21. The van der Waals surface area contributed by atoms with Crippen LogP contribution in [0.3, 0.4) is 0 Å². The summed E-state index contributed by atoms with van der Waals surface area (Å²) in [5, 5.41) is 3.32. The van der Waals surface area contributed by atoms with E-state index in [9.17, 15) is 9.59 Å². The van der Waals surface area contributed by atoms with E-state index in [1.807, 2.05) is 60.9 Å². The fourth-order valence-corrected chi connectivity index (χ4v) is 4.21. The first kappa shape index (κ1) is 23.0. The van der Waals surface area contributed by atoms with Crippen molar-refractivity contribution in [1.82, 2.24) is 24.5 Å². The van der Waals surface area contributed by atoms with E-state index in [1.165, 1.54) is 0 Å². The van der Waals surface area contributed by atoms with Gasteiger partial charge in [-0.2, -0.15) is 0 Å². The van der Waals surface area contributed by atoms with E-state index in [-0.39, 0.29) is 17.8 Å². The van der Waals surface area contributed by atoms with Gasteiger partial charge in [0.25, 0.3) is 0 Å². The van der Waals surface area contributed by atoms with Crippen LogP contribution in [-0.2, 0) is 17.8 Å². The van der Waals surface area contributed by atoms with E-state index in [0.717, 1.165) is 16.7 Å². The van der Waals surface area contributed by atoms with Crippen LogP contribution >= 0.6 is 0 Å². The second-order valence-corrected chi connectivity index (χ2v) is 8.43. The zero-order valence-corrected chi connectivity index (χ0v) is 19.9. The summed E-state index contributed by atoms with van der Waals surface area (Å²) in [5.74, 6) is 1.18. The van der Waals surface area contributed by atoms with E-state index < -0.39 is 0 Å². The van der Waals surface area contributed by atoms with Crippen LogP contribution in [-0.4, -0.2) is 30.4 Å². The quantitative estimate of drug-likeness (QED) is 0.338. The molecule has 0 bridgehead atoms. The average Bonchev–Trinajstić information content (AvgIpc) is 3.40. The molecule has 0 aliphatic carbocycles. The van der Waals surface area contributed by atoms with Crippen molar-refractivity contribution in [2.45, 2.75) is 26.8 Å². The van der Waals surface area contributed by atoms with Crippen molar-refractivity contribution in [2.75, 3.05) is 11.1 Å². The predicted octanol–water partition coefficient (Wildman–Crippen LogP) is 3.94. The van der Waals surface area contributed by atoms with Crippen LogP contribution in [0.25, 0.3) is 33.7 Å². The molecule has 4 heterocycles. The largest absolute Gasteiger partial charge is 0.384 e. The number of carbonyl (C=O) groups is 1. The fraction of sp³-hybridized carbons (Fsp3) is 0.148. The van der Waals surface area contributed by atoms with Crippen molar-refractivity contribution >= 4 is 28.6 Å². The van der Waals surface area contributed by atoms with Crippen molar-refractivity contribution in [3.05, 3.63) is 88.5 Å². The Hall–Kier alpha value is -4.79. The van der Waals surface area contributed by atoms with Crippen LogP contribution < -0.4 is 16.5 Å². The lowest BCUT2D eigenvalue weighted by Gasteiger charge is -2.15. The van der Waals surface area contributed by atoms with Gasteiger partial charge in [0.05, 0.1) is 17.5 Å². The summed E-state index contributed by atoms with van der Waals surface area (Å²) in [7, 11) is 0. The van der Waals surface area contributed by atoms with Gasteiger partial charge in [0.2, 0.25) is 11.3 Å². The van der Waals surface area contributed by atoms with Crippen LogP contribution in [0.15, 0.2) is 71.9 Å². The Morgan fingerprint density at radius 2 is 1.89 bits per heavy atom. The Balaban J connectivity index is 1.44. The molecule has 0 atom stereocenters. The summed E-state index contributed by atoms with van der Waals surface area (Å²) in [6, 6.07) is 14.9.